The molecule has 0 radical (unpaired) electrons. The number of pyridine rings is 1. The van der Waals surface area contributed by atoms with Crippen molar-refractivity contribution in [3.63, 3.8) is 0 Å². The molecule has 0 saturated heterocycles. The van der Waals surface area contributed by atoms with Gasteiger partial charge in [0.25, 0.3) is 5.91 Å². The maximum absolute atomic E-state index is 13.5. The quantitative estimate of drug-likeness (QED) is 0.380. The molecule has 3 heterocycles. The van der Waals surface area contributed by atoms with E-state index in [0.29, 0.717) is 27.4 Å². The minimum Gasteiger partial charge on any atom is -0.450 e. The molecule has 0 aliphatic carbocycles. The van der Waals surface area contributed by atoms with Crippen molar-refractivity contribution in [1.82, 2.24) is 4.98 Å². The van der Waals surface area contributed by atoms with Crippen LogP contribution in [-0.2, 0) is 0 Å². The number of nitrogens with zero attached hydrogens (tertiary/aromatic N) is 2. The van der Waals surface area contributed by atoms with Crippen LogP contribution in [0.1, 0.15) is 33.4 Å². The van der Waals surface area contributed by atoms with E-state index in [9.17, 15) is 9.59 Å². The zero-order chi connectivity index (χ0) is 21.7. The Bertz CT molecular complexity index is 1400. The van der Waals surface area contributed by atoms with Gasteiger partial charge >= 0.3 is 0 Å². The number of carbonyl (C=O) groups is 1. The molecule has 154 valence electrons. The number of hydrogen-bond acceptors (Lipinski definition) is 5. The molecule has 1 aliphatic rings. The molecule has 0 saturated carbocycles. The number of anilines is 1. The van der Waals surface area contributed by atoms with E-state index in [-0.39, 0.29) is 17.1 Å². The molecule has 1 aliphatic heterocycles. The molecule has 1 unspecified atom stereocenters. The van der Waals surface area contributed by atoms with Gasteiger partial charge in [-0.1, -0.05) is 29.8 Å². The molecule has 0 fully saturated rings. The van der Waals surface area contributed by atoms with Crippen molar-refractivity contribution < 1.29 is 9.21 Å². The van der Waals surface area contributed by atoms with Crippen LogP contribution in [0.25, 0.3) is 11.0 Å². The predicted octanol–water partition coefficient (Wildman–Crippen LogP) is 5.62. The molecule has 31 heavy (non-hydrogen) atoms. The maximum Gasteiger partial charge on any atom is 0.296 e. The number of aryl methyl sites for hydroxylation is 1. The zero-order valence-electron chi connectivity index (χ0n) is 16.8. The van der Waals surface area contributed by atoms with Gasteiger partial charge in [-0.05, 0) is 61.2 Å². The van der Waals surface area contributed by atoms with Crippen LogP contribution in [-0.4, -0.2) is 17.1 Å². The third-order valence-corrected chi connectivity index (χ3v) is 6.36. The average molecular weight is 449 g/mol. The van der Waals surface area contributed by atoms with Gasteiger partial charge in [-0.25, -0.2) is 4.98 Å². The summed E-state index contributed by atoms with van der Waals surface area (Å²) in [4.78, 5) is 34.2. The third-order valence-electron chi connectivity index (χ3n) is 5.38. The molecule has 0 bridgehead atoms. The second-order valence-corrected chi connectivity index (χ2v) is 8.62. The first-order valence-corrected chi connectivity index (χ1v) is 11.3. The van der Waals surface area contributed by atoms with Crippen LogP contribution < -0.4 is 10.3 Å². The number of amides is 1. The summed E-state index contributed by atoms with van der Waals surface area (Å²) in [7, 11) is 0. The Kier molecular flexibility index (Phi) is 4.84. The first-order chi connectivity index (χ1) is 15.0. The molecule has 1 amide bonds. The number of thioether (sulfide) groups is 1. The minimum absolute atomic E-state index is 0.0436. The summed E-state index contributed by atoms with van der Waals surface area (Å²) >= 11 is 7.75. The topological polar surface area (TPSA) is 63.4 Å². The monoisotopic (exact) mass is 448 g/mol. The number of fused-ring (bicyclic) bond motifs is 2. The number of carbonyl (C=O) groups excluding carboxylic acids is 1. The molecule has 0 N–H and O–H groups in total. The van der Waals surface area contributed by atoms with Crippen LogP contribution in [0.15, 0.2) is 74.8 Å². The van der Waals surface area contributed by atoms with Crippen LogP contribution in [0.2, 0.25) is 5.02 Å². The highest BCUT2D eigenvalue weighted by Crippen LogP contribution is 2.41. The smallest absolute Gasteiger partial charge is 0.296 e. The Hall–Kier alpha value is -3.09. The first kappa shape index (κ1) is 19.8. The van der Waals surface area contributed by atoms with Crippen molar-refractivity contribution in [2.45, 2.75) is 17.9 Å². The number of aromatic nitrogens is 1. The molecular weight excluding hydrogens is 432 g/mol. The van der Waals surface area contributed by atoms with Gasteiger partial charge < -0.3 is 4.42 Å². The number of halogens is 1. The van der Waals surface area contributed by atoms with E-state index in [1.54, 1.807) is 36.0 Å². The molecular formula is C24H17ClN2O3S. The fraction of sp³-hybridized carbons (Fsp3) is 0.125. The Morgan fingerprint density at radius 1 is 1.06 bits per heavy atom. The van der Waals surface area contributed by atoms with Crippen LogP contribution in [0.3, 0.4) is 0 Å². The van der Waals surface area contributed by atoms with E-state index >= 15 is 0 Å². The second kappa shape index (κ2) is 7.55. The van der Waals surface area contributed by atoms with Crippen molar-refractivity contribution in [2.75, 3.05) is 11.2 Å². The highest BCUT2D eigenvalue weighted by Gasteiger charge is 2.44. The summed E-state index contributed by atoms with van der Waals surface area (Å²) in [6.07, 6.45) is 2.00. The Balaban J connectivity index is 1.80. The molecule has 4 aromatic rings. The fourth-order valence-electron chi connectivity index (χ4n) is 3.95. The molecule has 7 heteroatoms. The zero-order valence-corrected chi connectivity index (χ0v) is 18.3. The maximum atomic E-state index is 13.5. The van der Waals surface area contributed by atoms with Crippen molar-refractivity contribution in [3.05, 3.63) is 98.5 Å². The van der Waals surface area contributed by atoms with Crippen LogP contribution >= 0.6 is 23.4 Å². The molecule has 0 spiro atoms. The van der Waals surface area contributed by atoms with Crippen LogP contribution in [0.5, 0.6) is 0 Å². The molecule has 5 nitrogen and oxygen atoms in total. The molecule has 5 rings (SSSR count). The van der Waals surface area contributed by atoms with Crippen LogP contribution in [0.4, 0.5) is 5.82 Å². The predicted molar refractivity (Wildman–Crippen MR) is 123 cm³/mol. The Labute approximate surface area is 187 Å². The van der Waals surface area contributed by atoms with Gasteiger partial charge in [0.15, 0.2) is 5.43 Å². The lowest BCUT2D eigenvalue weighted by Crippen LogP contribution is -2.30. The Morgan fingerprint density at radius 2 is 1.84 bits per heavy atom. The lowest BCUT2D eigenvalue weighted by molar-refractivity contribution is 0.0970. The van der Waals surface area contributed by atoms with Gasteiger partial charge in [0.1, 0.15) is 11.4 Å². The summed E-state index contributed by atoms with van der Waals surface area (Å²) in [6, 6.07) is 17.5. The summed E-state index contributed by atoms with van der Waals surface area (Å²) in [6.45, 7) is 1.86. The number of hydrogen-bond donors (Lipinski definition) is 0. The van der Waals surface area contributed by atoms with E-state index in [1.165, 1.54) is 4.90 Å². The van der Waals surface area contributed by atoms with Crippen LogP contribution in [0, 0.1) is 6.92 Å². The normalized spacial score (nSPS) is 15.5. The lowest BCUT2D eigenvalue weighted by Gasteiger charge is -2.24. The van der Waals surface area contributed by atoms with E-state index in [0.717, 1.165) is 16.2 Å². The fourth-order valence-corrected chi connectivity index (χ4v) is 4.53. The highest BCUT2D eigenvalue weighted by atomic mass is 35.5. The van der Waals surface area contributed by atoms with Crippen molar-refractivity contribution in [3.8, 4) is 0 Å². The van der Waals surface area contributed by atoms with Crippen molar-refractivity contribution >= 4 is 46.1 Å². The summed E-state index contributed by atoms with van der Waals surface area (Å²) in [5, 5.41) is 0.783. The highest BCUT2D eigenvalue weighted by molar-refractivity contribution is 7.98. The van der Waals surface area contributed by atoms with E-state index < -0.39 is 6.04 Å². The molecule has 1 atom stereocenters. The largest absolute Gasteiger partial charge is 0.450 e. The Morgan fingerprint density at radius 3 is 2.55 bits per heavy atom. The SMILES string of the molecule is CSc1ccc(C2c3c(oc4ccc(Cl)cc4c3=O)C(=O)N2c2cccc(C)n2)cc1. The van der Waals surface area contributed by atoms with Gasteiger partial charge in [0.2, 0.25) is 5.76 Å². The van der Waals surface area contributed by atoms with Gasteiger partial charge in [-0.3, -0.25) is 14.5 Å². The van der Waals surface area contributed by atoms with Crippen molar-refractivity contribution in [1.29, 1.82) is 0 Å². The van der Waals surface area contributed by atoms with E-state index in [2.05, 4.69) is 4.98 Å². The van der Waals surface area contributed by atoms with Gasteiger partial charge in [0.05, 0.1) is 17.0 Å². The van der Waals surface area contributed by atoms with E-state index in [4.69, 9.17) is 16.0 Å². The molecule has 2 aromatic carbocycles. The van der Waals surface area contributed by atoms with Gasteiger partial charge in [-0.15, -0.1) is 11.8 Å². The second-order valence-electron chi connectivity index (χ2n) is 7.30. The molecule has 2 aromatic heterocycles. The average Bonchev–Trinajstić information content (AvgIpc) is 3.07. The minimum atomic E-state index is -0.646. The van der Waals surface area contributed by atoms with Gasteiger partial charge in [-0.2, -0.15) is 0 Å². The number of rotatable bonds is 3. The van der Waals surface area contributed by atoms with E-state index in [1.807, 2.05) is 49.6 Å². The number of benzene rings is 2. The summed E-state index contributed by atoms with van der Waals surface area (Å²) in [5.41, 5.74) is 1.95. The van der Waals surface area contributed by atoms with Crippen molar-refractivity contribution in [2.24, 2.45) is 0 Å². The van der Waals surface area contributed by atoms with Gasteiger partial charge in [0, 0.05) is 15.6 Å². The standard InChI is InChI=1S/C24H17ClN2O3S/c1-13-4-3-5-19(26-13)27-21(14-6-9-16(31-2)10-7-14)20-22(28)17-12-15(25)8-11-18(17)30-23(20)24(27)29/h3-12,21H,1-2H3. The lowest BCUT2D eigenvalue weighted by atomic mass is 9.98. The third kappa shape index (κ3) is 3.23. The summed E-state index contributed by atoms with van der Waals surface area (Å²) in [5.74, 6) is 0.125. The summed E-state index contributed by atoms with van der Waals surface area (Å²) < 4.78 is 5.95. The first-order valence-electron chi connectivity index (χ1n) is 9.65.